The van der Waals surface area contributed by atoms with Gasteiger partial charge >= 0.3 is 0 Å². The SMILES string of the molecule is CNc1ncc(-c2c(C)c(Br)c(C)c(C)c2OC)cn1. The van der Waals surface area contributed by atoms with E-state index >= 15 is 0 Å². The van der Waals surface area contributed by atoms with Gasteiger partial charge in [-0.15, -0.1) is 0 Å². The highest BCUT2D eigenvalue weighted by Crippen LogP contribution is 2.41. The van der Waals surface area contributed by atoms with Crippen LogP contribution in [0, 0.1) is 20.8 Å². The Labute approximate surface area is 127 Å². The maximum atomic E-state index is 5.61. The first-order valence-corrected chi connectivity index (χ1v) is 7.14. The van der Waals surface area contributed by atoms with Crippen molar-refractivity contribution in [2.45, 2.75) is 20.8 Å². The first kappa shape index (κ1) is 14.8. The van der Waals surface area contributed by atoms with Gasteiger partial charge in [0, 0.05) is 35.0 Å². The molecule has 2 rings (SSSR count). The van der Waals surface area contributed by atoms with Crippen LogP contribution in [0.1, 0.15) is 16.7 Å². The predicted molar refractivity (Wildman–Crippen MR) is 85.5 cm³/mol. The van der Waals surface area contributed by atoms with E-state index in [2.05, 4.69) is 52.0 Å². The van der Waals surface area contributed by atoms with E-state index in [0.717, 1.165) is 32.5 Å². The van der Waals surface area contributed by atoms with Crippen molar-refractivity contribution in [3.63, 3.8) is 0 Å². The number of anilines is 1. The summed E-state index contributed by atoms with van der Waals surface area (Å²) in [5, 5.41) is 2.92. The number of methoxy groups -OCH3 is 1. The van der Waals surface area contributed by atoms with Crippen LogP contribution in [0.4, 0.5) is 5.95 Å². The van der Waals surface area contributed by atoms with Gasteiger partial charge in [-0.3, -0.25) is 0 Å². The van der Waals surface area contributed by atoms with E-state index in [4.69, 9.17) is 4.74 Å². The van der Waals surface area contributed by atoms with Gasteiger partial charge < -0.3 is 10.1 Å². The molecule has 106 valence electrons. The fourth-order valence-electron chi connectivity index (χ4n) is 2.27. The molecule has 1 heterocycles. The predicted octanol–water partition coefficient (Wildman–Crippen LogP) is 3.88. The van der Waals surface area contributed by atoms with Crippen LogP contribution < -0.4 is 10.1 Å². The minimum atomic E-state index is 0.605. The van der Waals surface area contributed by atoms with Gasteiger partial charge in [0.2, 0.25) is 5.95 Å². The lowest BCUT2D eigenvalue weighted by atomic mass is 9.95. The monoisotopic (exact) mass is 335 g/mol. The first-order chi connectivity index (χ1) is 9.51. The van der Waals surface area contributed by atoms with Crippen LogP contribution in [0.3, 0.4) is 0 Å². The molecule has 1 aromatic heterocycles. The molecule has 0 spiro atoms. The smallest absolute Gasteiger partial charge is 0.222 e. The molecule has 2 aromatic rings. The van der Waals surface area contributed by atoms with Gasteiger partial charge in [0.05, 0.1) is 7.11 Å². The number of ether oxygens (including phenoxy) is 1. The number of nitrogens with zero attached hydrogens (tertiary/aromatic N) is 2. The Balaban J connectivity index is 2.71. The maximum Gasteiger partial charge on any atom is 0.222 e. The van der Waals surface area contributed by atoms with Crippen LogP contribution in [-0.2, 0) is 0 Å². The highest BCUT2D eigenvalue weighted by atomic mass is 79.9. The Morgan fingerprint density at radius 2 is 1.65 bits per heavy atom. The molecule has 4 nitrogen and oxygen atoms in total. The lowest BCUT2D eigenvalue weighted by molar-refractivity contribution is 0.412. The van der Waals surface area contributed by atoms with Crippen molar-refractivity contribution in [2.75, 3.05) is 19.5 Å². The minimum Gasteiger partial charge on any atom is -0.496 e. The van der Waals surface area contributed by atoms with Gasteiger partial charge in [-0.25, -0.2) is 9.97 Å². The molecule has 0 unspecified atom stereocenters. The summed E-state index contributed by atoms with van der Waals surface area (Å²) in [5.74, 6) is 1.48. The molecule has 0 aliphatic carbocycles. The van der Waals surface area contributed by atoms with Crippen molar-refractivity contribution < 1.29 is 4.74 Å². The number of halogens is 1. The number of benzene rings is 1. The Morgan fingerprint density at radius 3 is 2.15 bits per heavy atom. The van der Waals surface area contributed by atoms with Crippen LogP contribution in [0.15, 0.2) is 16.9 Å². The molecule has 1 aromatic carbocycles. The largest absolute Gasteiger partial charge is 0.496 e. The van der Waals surface area contributed by atoms with E-state index in [9.17, 15) is 0 Å². The topological polar surface area (TPSA) is 47.0 Å². The van der Waals surface area contributed by atoms with Crippen molar-refractivity contribution in [2.24, 2.45) is 0 Å². The van der Waals surface area contributed by atoms with E-state index in [0.29, 0.717) is 5.95 Å². The van der Waals surface area contributed by atoms with E-state index < -0.39 is 0 Å². The highest BCUT2D eigenvalue weighted by molar-refractivity contribution is 9.10. The third-order valence-corrected chi connectivity index (χ3v) is 4.72. The second-order valence-corrected chi connectivity index (χ2v) is 5.44. The summed E-state index contributed by atoms with van der Waals surface area (Å²) < 4.78 is 6.71. The molecule has 0 radical (unpaired) electrons. The number of nitrogens with one attached hydrogen (secondary N) is 1. The van der Waals surface area contributed by atoms with Crippen molar-refractivity contribution in [1.29, 1.82) is 0 Å². The normalized spacial score (nSPS) is 10.5. The molecule has 20 heavy (non-hydrogen) atoms. The number of hydrogen-bond donors (Lipinski definition) is 1. The molecule has 5 heteroatoms. The summed E-state index contributed by atoms with van der Waals surface area (Å²) in [4.78, 5) is 8.56. The Morgan fingerprint density at radius 1 is 1.05 bits per heavy atom. The maximum absolute atomic E-state index is 5.61. The summed E-state index contributed by atoms with van der Waals surface area (Å²) in [6, 6.07) is 0. The van der Waals surface area contributed by atoms with Crippen molar-refractivity contribution in [3.8, 4) is 16.9 Å². The Kier molecular flexibility index (Phi) is 4.28. The average molecular weight is 336 g/mol. The summed E-state index contributed by atoms with van der Waals surface area (Å²) in [6.45, 7) is 6.21. The third-order valence-electron chi connectivity index (χ3n) is 3.53. The number of rotatable bonds is 3. The van der Waals surface area contributed by atoms with Crippen LogP contribution in [0.5, 0.6) is 5.75 Å². The quantitative estimate of drug-likeness (QED) is 0.924. The van der Waals surface area contributed by atoms with E-state index in [1.807, 2.05) is 12.4 Å². The summed E-state index contributed by atoms with van der Waals surface area (Å²) in [5.41, 5.74) is 5.42. The summed E-state index contributed by atoms with van der Waals surface area (Å²) in [6.07, 6.45) is 3.62. The molecule has 0 aliphatic rings. The van der Waals surface area contributed by atoms with Crippen molar-refractivity contribution in [1.82, 2.24) is 9.97 Å². The molecule has 0 bridgehead atoms. The van der Waals surface area contributed by atoms with Crippen molar-refractivity contribution >= 4 is 21.9 Å². The van der Waals surface area contributed by atoms with Gasteiger partial charge in [0.15, 0.2) is 0 Å². The third kappa shape index (κ3) is 2.38. The standard InChI is InChI=1S/C15H18BrN3O/c1-8-9(2)14(20-5)12(10(3)13(8)16)11-6-18-15(17-4)19-7-11/h6-7H,1-5H3,(H,17,18,19). The van der Waals surface area contributed by atoms with Crippen molar-refractivity contribution in [3.05, 3.63) is 33.6 Å². The van der Waals surface area contributed by atoms with Gasteiger partial charge in [-0.05, 0) is 37.5 Å². The second-order valence-electron chi connectivity index (χ2n) is 4.64. The summed E-state index contributed by atoms with van der Waals surface area (Å²) >= 11 is 3.66. The zero-order valence-electron chi connectivity index (χ0n) is 12.3. The highest BCUT2D eigenvalue weighted by Gasteiger charge is 2.18. The molecule has 0 saturated heterocycles. The molecule has 0 fully saturated rings. The molecular formula is C15H18BrN3O. The van der Waals surface area contributed by atoms with Crippen LogP contribution in [0.25, 0.3) is 11.1 Å². The Hall–Kier alpha value is -1.62. The average Bonchev–Trinajstić information content (AvgIpc) is 2.48. The molecular weight excluding hydrogens is 318 g/mol. The molecule has 0 aliphatic heterocycles. The second kappa shape index (κ2) is 5.79. The van der Waals surface area contributed by atoms with Gasteiger partial charge in [0.25, 0.3) is 0 Å². The number of hydrogen-bond acceptors (Lipinski definition) is 4. The zero-order valence-corrected chi connectivity index (χ0v) is 13.9. The first-order valence-electron chi connectivity index (χ1n) is 6.34. The number of aromatic nitrogens is 2. The van der Waals surface area contributed by atoms with E-state index in [1.54, 1.807) is 14.2 Å². The molecule has 1 N–H and O–H groups in total. The lowest BCUT2D eigenvalue weighted by Gasteiger charge is -2.18. The van der Waals surface area contributed by atoms with Crippen LogP contribution >= 0.6 is 15.9 Å². The van der Waals surface area contributed by atoms with Gasteiger partial charge in [-0.1, -0.05) is 15.9 Å². The van der Waals surface area contributed by atoms with Gasteiger partial charge in [-0.2, -0.15) is 0 Å². The molecule has 0 amide bonds. The zero-order chi connectivity index (χ0) is 14.9. The fraction of sp³-hybridized carbons (Fsp3) is 0.333. The minimum absolute atomic E-state index is 0.605. The van der Waals surface area contributed by atoms with Crippen LogP contribution in [0.2, 0.25) is 0 Å². The lowest BCUT2D eigenvalue weighted by Crippen LogP contribution is -2.01. The molecule has 0 atom stereocenters. The van der Waals surface area contributed by atoms with Crippen LogP contribution in [-0.4, -0.2) is 24.1 Å². The fourth-order valence-corrected chi connectivity index (χ4v) is 2.77. The molecule has 0 saturated carbocycles. The van der Waals surface area contributed by atoms with E-state index in [1.165, 1.54) is 5.56 Å². The Bertz CT molecular complexity index is 639. The summed E-state index contributed by atoms with van der Waals surface area (Å²) in [7, 11) is 3.49. The van der Waals surface area contributed by atoms with Gasteiger partial charge in [0.1, 0.15) is 5.75 Å². The van der Waals surface area contributed by atoms with E-state index in [-0.39, 0.29) is 0 Å².